The van der Waals surface area contributed by atoms with Crippen LogP contribution < -0.4 is 0 Å². The Morgan fingerprint density at radius 3 is 2.65 bits per heavy atom. The lowest BCUT2D eigenvalue weighted by molar-refractivity contribution is 0.0592. The average Bonchev–Trinajstić information content (AvgIpc) is 2.76. The molecule has 0 aliphatic carbocycles. The van der Waals surface area contributed by atoms with Gasteiger partial charge in [-0.15, -0.1) is 5.10 Å². The molecule has 0 unspecified atom stereocenters. The zero-order valence-corrected chi connectivity index (χ0v) is 10.9. The summed E-state index contributed by atoms with van der Waals surface area (Å²) in [5, 5.41) is 7.91. The van der Waals surface area contributed by atoms with Gasteiger partial charge in [0.2, 0.25) is 0 Å². The molecule has 0 N–H and O–H groups in total. The van der Waals surface area contributed by atoms with E-state index in [1.165, 1.54) is 26.4 Å². The molecule has 0 saturated carbocycles. The molecule has 1 aromatic rings. The maximum absolute atomic E-state index is 11.4. The van der Waals surface area contributed by atoms with Gasteiger partial charge < -0.3 is 4.74 Å². The minimum absolute atomic E-state index is 0.352. The first-order valence-electron chi connectivity index (χ1n) is 6.25. The van der Waals surface area contributed by atoms with Crippen molar-refractivity contribution in [2.75, 3.05) is 7.11 Å². The van der Waals surface area contributed by atoms with Crippen LogP contribution in [-0.2, 0) is 17.7 Å². The average molecular weight is 239 g/mol. The number of unbranched alkanes of at least 4 members (excludes halogenated alkanes) is 3. The summed E-state index contributed by atoms with van der Waals surface area (Å²) in [6, 6.07) is 0. The number of carbonyl (C=O) groups is 1. The molecule has 0 spiro atoms. The minimum atomic E-state index is -0.401. The van der Waals surface area contributed by atoms with Gasteiger partial charge in [-0.3, -0.25) is 0 Å². The lowest BCUT2D eigenvalue weighted by Crippen LogP contribution is -2.09. The monoisotopic (exact) mass is 239 g/mol. The summed E-state index contributed by atoms with van der Waals surface area (Å²) in [5.74, 6) is -0.401. The molecule has 0 aliphatic rings. The van der Waals surface area contributed by atoms with E-state index in [9.17, 15) is 4.79 Å². The Hall–Kier alpha value is -1.39. The Morgan fingerprint density at radius 2 is 2.06 bits per heavy atom. The lowest BCUT2D eigenvalue weighted by Gasteiger charge is -2.05. The summed E-state index contributed by atoms with van der Waals surface area (Å²) < 4.78 is 6.50. The summed E-state index contributed by atoms with van der Waals surface area (Å²) in [4.78, 5) is 11.4. The molecular formula is C12H21N3O2. The van der Waals surface area contributed by atoms with Gasteiger partial charge in [0.25, 0.3) is 0 Å². The molecule has 0 radical (unpaired) electrons. The fraction of sp³-hybridized carbons (Fsp3) is 0.750. The quantitative estimate of drug-likeness (QED) is 0.540. The normalized spacial score (nSPS) is 10.5. The topological polar surface area (TPSA) is 57.0 Å². The van der Waals surface area contributed by atoms with Crippen molar-refractivity contribution in [1.82, 2.24) is 15.0 Å². The zero-order valence-electron chi connectivity index (χ0n) is 10.9. The van der Waals surface area contributed by atoms with Crippen molar-refractivity contribution >= 4 is 5.97 Å². The predicted molar refractivity (Wildman–Crippen MR) is 64.9 cm³/mol. The number of hydrogen-bond donors (Lipinski definition) is 0. The molecule has 0 atom stereocenters. The van der Waals surface area contributed by atoms with Gasteiger partial charge in [-0.1, -0.05) is 38.3 Å². The van der Waals surface area contributed by atoms with Crippen molar-refractivity contribution in [2.45, 2.75) is 52.5 Å². The number of carbonyl (C=O) groups excluding carboxylic acids is 1. The Balaban J connectivity index is 2.66. The van der Waals surface area contributed by atoms with Gasteiger partial charge >= 0.3 is 5.97 Å². The van der Waals surface area contributed by atoms with E-state index >= 15 is 0 Å². The smallest absolute Gasteiger partial charge is 0.360 e. The first-order chi connectivity index (χ1) is 8.24. The van der Waals surface area contributed by atoms with Gasteiger partial charge in [0.05, 0.1) is 12.8 Å². The molecule has 1 rings (SSSR count). The maximum Gasteiger partial charge on any atom is 0.360 e. The van der Waals surface area contributed by atoms with Crippen molar-refractivity contribution in [3.05, 3.63) is 11.4 Å². The van der Waals surface area contributed by atoms with Crippen molar-refractivity contribution in [3.63, 3.8) is 0 Å². The van der Waals surface area contributed by atoms with Crippen molar-refractivity contribution in [2.24, 2.45) is 0 Å². The van der Waals surface area contributed by atoms with E-state index in [1.54, 1.807) is 0 Å². The molecule has 1 aromatic heterocycles. The standard InChI is InChI=1S/C12H21N3O2/c1-4-6-7-8-9-15-10(5-2)11(13-14-15)12(16)17-3/h4-9H2,1-3H3. The number of aryl methyl sites for hydroxylation is 1. The Kier molecular flexibility index (Phi) is 5.66. The van der Waals surface area contributed by atoms with Gasteiger partial charge in [0.1, 0.15) is 0 Å². The zero-order chi connectivity index (χ0) is 12.7. The number of rotatable bonds is 7. The van der Waals surface area contributed by atoms with Crippen LogP contribution in [0.3, 0.4) is 0 Å². The number of hydrogen-bond acceptors (Lipinski definition) is 4. The Labute approximate surface area is 102 Å². The van der Waals surface area contributed by atoms with E-state index in [4.69, 9.17) is 0 Å². The summed E-state index contributed by atoms with van der Waals surface area (Å²) in [6.07, 6.45) is 5.45. The highest BCUT2D eigenvalue weighted by Gasteiger charge is 2.18. The van der Waals surface area contributed by atoms with E-state index < -0.39 is 5.97 Å². The van der Waals surface area contributed by atoms with Crippen LogP contribution in [0.2, 0.25) is 0 Å². The number of aromatic nitrogens is 3. The van der Waals surface area contributed by atoms with Gasteiger partial charge in [-0.25, -0.2) is 9.48 Å². The first-order valence-corrected chi connectivity index (χ1v) is 6.25. The van der Waals surface area contributed by atoms with E-state index in [-0.39, 0.29) is 0 Å². The SMILES string of the molecule is CCCCCCn1nnc(C(=O)OC)c1CC. The highest BCUT2D eigenvalue weighted by molar-refractivity contribution is 5.88. The summed E-state index contributed by atoms with van der Waals surface area (Å²) in [6.45, 7) is 5.00. The largest absolute Gasteiger partial charge is 0.464 e. The highest BCUT2D eigenvalue weighted by atomic mass is 16.5. The van der Waals surface area contributed by atoms with Crippen LogP contribution in [0, 0.1) is 0 Å². The van der Waals surface area contributed by atoms with Crippen LogP contribution in [0.1, 0.15) is 55.7 Å². The second-order valence-corrected chi connectivity index (χ2v) is 4.01. The third kappa shape index (κ3) is 3.54. The summed E-state index contributed by atoms with van der Waals surface area (Å²) >= 11 is 0. The van der Waals surface area contributed by atoms with E-state index in [0.29, 0.717) is 5.69 Å². The molecule has 0 aliphatic heterocycles. The number of esters is 1. The molecule has 5 heteroatoms. The van der Waals surface area contributed by atoms with Crippen molar-refractivity contribution in [1.29, 1.82) is 0 Å². The van der Waals surface area contributed by atoms with Crippen LogP contribution in [0.4, 0.5) is 0 Å². The Morgan fingerprint density at radius 1 is 1.29 bits per heavy atom. The molecule has 0 bridgehead atoms. The van der Waals surface area contributed by atoms with Crippen LogP contribution in [0.25, 0.3) is 0 Å². The Bertz CT molecular complexity index is 361. The second-order valence-electron chi connectivity index (χ2n) is 4.01. The third-order valence-corrected chi connectivity index (χ3v) is 2.77. The van der Waals surface area contributed by atoms with Gasteiger partial charge in [-0.05, 0) is 12.8 Å². The molecule has 0 saturated heterocycles. The van der Waals surface area contributed by atoms with Crippen LogP contribution in [0.15, 0.2) is 0 Å². The fourth-order valence-electron chi connectivity index (χ4n) is 1.81. The summed E-state index contributed by atoms with van der Waals surface area (Å²) in [7, 11) is 1.36. The molecule has 5 nitrogen and oxygen atoms in total. The van der Waals surface area contributed by atoms with Gasteiger partial charge in [0.15, 0.2) is 5.69 Å². The first kappa shape index (κ1) is 13.7. The number of methoxy groups -OCH3 is 1. The maximum atomic E-state index is 11.4. The second kappa shape index (κ2) is 7.04. The van der Waals surface area contributed by atoms with E-state index in [1.807, 2.05) is 11.6 Å². The molecule has 96 valence electrons. The third-order valence-electron chi connectivity index (χ3n) is 2.77. The number of ether oxygens (including phenoxy) is 1. The number of nitrogens with zero attached hydrogens (tertiary/aromatic N) is 3. The van der Waals surface area contributed by atoms with Crippen molar-refractivity contribution < 1.29 is 9.53 Å². The van der Waals surface area contributed by atoms with E-state index in [0.717, 1.165) is 25.1 Å². The summed E-state index contributed by atoms with van der Waals surface area (Å²) in [5.41, 5.74) is 1.22. The molecule has 1 heterocycles. The molecule has 0 amide bonds. The van der Waals surface area contributed by atoms with Crippen LogP contribution in [-0.4, -0.2) is 28.1 Å². The molecule has 0 fully saturated rings. The highest BCUT2D eigenvalue weighted by Crippen LogP contribution is 2.10. The predicted octanol–water partition coefficient (Wildman–Crippen LogP) is 2.21. The van der Waals surface area contributed by atoms with Gasteiger partial charge in [-0.2, -0.15) is 0 Å². The van der Waals surface area contributed by atoms with Crippen LogP contribution >= 0.6 is 0 Å². The van der Waals surface area contributed by atoms with Crippen molar-refractivity contribution in [3.8, 4) is 0 Å². The molecule has 0 aromatic carbocycles. The fourth-order valence-corrected chi connectivity index (χ4v) is 1.81. The minimum Gasteiger partial charge on any atom is -0.464 e. The molecular weight excluding hydrogens is 218 g/mol. The van der Waals surface area contributed by atoms with Gasteiger partial charge in [0, 0.05) is 6.54 Å². The van der Waals surface area contributed by atoms with Crippen LogP contribution in [0.5, 0.6) is 0 Å². The van der Waals surface area contributed by atoms with E-state index in [2.05, 4.69) is 22.0 Å². The molecule has 17 heavy (non-hydrogen) atoms. The lowest BCUT2D eigenvalue weighted by atomic mass is 10.2.